The molecule has 4 saturated carbocycles. The number of hydrogen-bond donors (Lipinski definition) is 3. The smallest absolute Gasteiger partial charge is 0.225 e. The van der Waals surface area contributed by atoms with Crippen LogP contribution in [-0.2, 0) is 14.3 Å². The molecule has 4 N–H and O–H groups in total. The molecule has 0 spiro atoms. The van der Waals surface area contributed by atoms with Crippen molar-refractivity contribution in [2.75, 3.05) is 13.1 Å². The highest BCUT2D eigenvalue weighted by Crippen LogP contribution is 2.71. The van der Waals surface area contributed by atoms with Gasteiger partial charge in [-0.3, -0.25) is 9.59 Å². The van der Waals surface area contributed by atoms with Crippen molar-refractivity contribution in [3.63, 3.8) is 0 Å². The molecule has 226 valence electrons. The Labute approximate surface area is 242 Å². The quantitative estimate of drug-likeness (QED) is 0.285. The van der Waals surface area contributed by atoms with Crippen LogP contribution in [0.3, 0.4) is 0 Å². The summed E-state index contributed by atoms with van der Waals surface area (Å²) in [5.41, 5.74) is 6.53. The molecule has 0 aliphatic heterocycles. The molecule has 0 bridgehead atoms. The van der Waals surface area contributed by atoms with Gasteiger partial charge in [-0.15, -0.1) is 0 Å². The average Bonchev–Trinajstić information content (AvgIpc) is 2.86. The van der Waals surface area contributed by atoms with Gasteiger partial charge in [0.1, 0.15) is 0 Å². The molecule has 0 aromatic carbocycles. The highest BCUT2D eigenvalue weighted by molar-refractivity contribution is 5.95. The predicted octanol–water partition coefficient (Wildman–Crippen LogP) is 5.77. The summed E-state index contributed by atoms with van der Waals surface area (Å²) in [5, 5.41) is 13.2. The minimum Gasteiger partial charge on any atom is -0.368 e. The van der Waals surface area contributed by atoms with Gasteiger partial charge in [0, 0.05) is 17.9 Å². The zero-order chi connectivity index (χ0) is 29.3. The Morgan fingerprint density at radius 2 is 1.73 bits per heavy atom. The number of carbonyl (C=O) groups is 2. The summed E-state index contributed by atoms with van der Waals surface area (Å²) in [7, 11) is 0. The summed E-state index contributed by atoms with van der Waals surface area (Å²) in [6, 6.07) is 0. The summed E-state index contributed by atoms with van der Waals surface area (Å²) in [6.07, 6.45) is 11.2. The average molecular weight is 557 g/mol. The molecule has 2 unspecified atom stereocenters. The maximum Gasteiger partial charge on any atom is 0.225 e. The molecule has 40 heavy (non-hydrogen) atoms. The van der Waals surface area contributed by atoms with E-state index in [9.17, 15) is 14.7 Å². The molecule has 5 rings (SSSR count). The van der Waals surface area contributed by atoms with Gasteiger partial charge < -0.3 is 20.9 Å². The number of fused-ring (bicyclic) bond motifs is 7. The third kappa shape index (κ3) is 4.54. The van der Waals surface area contributed by atoms with E-state index >= 15 is 0 Å². The highest BCUT2D eigenvalue weighted by atomic mass is 16.6. The first-order valence-corrected chi connectivity index (χ1v) is 16.2. The van der Waals surface area contributed by atoms with Crippen LogP contribution < -0.4 is 11.1 Å². The fourth-order valence-corrected chi connectivity index (χ4v) is 11.1. The Morgan fingerprint density at radius 3 is 2.40 bits per heavy atom. The standard InChI is InChI=1S/C34H56N2O4/c1-21(37)40-27-11-14-34(7)26(30(27,2)3)10-13-33(6)23-9-12-31(4)15-16-32(5,29(39)36-18-8-17-35)20-24(31)22(23)19-25(38)28(33)34/h19,21,23-24,26-28,37H,8-18,20,35H2,1-7H3,(H,36,39)/t21?,23?,24-,26-,27-,28-,31-,32-,33-,34-/m0/s1. The lowest BCUT2D eigenvalue weighted by molar-refractivity contribution is -0.228. The van der Waals surface area contributed by atoms with Crippen LogP contribution in [0.4, 0.5) is 0 Å². The second kappa shape index (κ2) is 10.2. The summed E-state index contributed by atoms with van der Waals surface area (Å²) in [4.78, 5) is 27.8. The number of aliphatic hydroxyl groups is 1. The first kappa shape index (κ1) is 30.2. The molecular weight excluding hydrogens is 500 g/mol. The molecule has 0 aromatic heterocycles. The molecule has 0 aromatic rings. The number of hydrogen-bond acceptors (Lipinski definition) is 5. The minimum atomic E-state index is -0.773. The Balaban J connectivity index is 1.46. The Bertz CT molecular complexity index is 1050. The van der Waals surface area contributed by atoms with Gasteiger partial charge in [-0.05, 0) is 123 Å². The van der Waals surface area contributed by atoms with Gasteiger partial charge >= 0.3 is 0 Å². The molecular formula is C34H56N2O4. The number of ether oxygens (including phenoxy) is 1. The van der Waals surface area contributed by atoms with Crippen LogP contribution in [0.5, 0.6) is 0 Å². The summed E-state index contributed by atoms with van der Waals surface area (Å²) in [6.45, 7) is 16.9. The van der Waals surface area contributed by atoms with Crippen molar-refractivity contribution >= 4 is 11.7 Å². The van der Waals surface area contributed by atoms with Crippen molar-refractivity contribution in [1.29, 1.82) is 0 Å². The van der Waals surface area contributed by atoms with Crippen molar-refractivity contribution in [3.8, 4) is 0 Å². The SMILES string of the molecule is CC(O)O[C@H]1CC[C@]2(C)[C@H]3C(=O)C=C4C(CC[C@@]5(C)CC[C@](C)(C(=O)NCCCN)C[C@@H]45)[C@]3(C)CC[C@H]2C1(C)C. The molecule has 4 fully saturated rings. The molecule has 0 saturated heterocycles. The molecule has 6 heteroatoms. The van der Waals surface area contributed by atoms with Crippen LogP contribution in [0.25, 0.3) is 0 Å². The predicted molar refractivity (Wildman–Crippen MR) is 158 cm³/mol. The van der Waals surface area contributed by atoms with Gasteiger partial charge in [0.25, 0.3) is 0 Å². The Morgan fingerprint density at radius 1 is 1.02 bits per heavy atom. The fraction of sp³-hybridized carbons (Fsp3) is 0.882. The second-order valence-corrected chi connectivity index (χ2v) is 16.1. The van der Waals surface area contributed by atoms with Crippen LogP contribution in [0.15, 0.2) is 11.6 Å². The molecule has 5 aliphatic carbocycles. The fourth-order valence-electron chi connectivity index (χ4n) is 11.1. The van der Waals surface area contributed by atoms with Crippen LogP contribution in [0, 0.1) is 50.7 Å². The van der Waals surface area contributed by atoms with E-state index in [0.717, 1.165) is 57.8 Å². The van der Waals surface area contributed by atoms with Crippen molar-refractivity contribution in [2.45, 2.75) is 125 Å². The largest absolute Gasteiger partial charge is 0.368 e. The van der Waals surface area contributed by atoms with Crippen LogP contribution in [-0.4, -0.2) is 42.3 Å². The second-order valence-electron chi connectivity index (χ2n) is 16.1. The topological polar surface area (TPSA) is 102 Å². The van der Waals surface area contributed by atoms with E-state index in [1.165, 1.54) is 12.0 Å². The van der Waals surface area contributed by atoms with E-state index in [4.69, 9.17) is 10.5 Å². The molecule has 6 nitrogen and oxygen atoms in total. The molecule has 1 amide bonds. The maximum absolute atomic E-state index is 14.4. The lowest BCUT2D eigenvalue weighted by atomic mass is 9.37. The van der Waals surface area contributed by atoms with E-state index in [1.807, 2.05) is 0 Å². The first-order valence-electron chi connectivity index (χ1n) is 16.2. The third-order valence-corrected chi connectivity index (χ3v) is 13.3. The monoisotopic (exact) mass is 556 g/mol. The minimum absolute atomic E-state index is 0.00558. The number of nitrogens with one attached hydrogen (secondary N) is 1. The third-order valence-electron chi connectivity index (χ3n) is 13.3. The number of amides is 1. The number of carbonyl (C=O) groups excluding carboxylic acids is 2. The van der Waals surface area contributed by atoms with Crippen molar-refractivity contribution in [2.24, 2.45) is 56.5 Å². The summed E-state index contributed by atoms with van der Waals surface area (Å²) >= 11 is 0. The lowest BCUT2D eigenvalue weighted by Crippen LogP contribution is -2.64. The zero-order valence-corrected chi connectivity index (χ0v) is 26.3. The van der Waals surface area contributed by atoms with Gasteiger partial charge in [-0.25, -0.2) is 0 Å². The number of rotatable bonds is 6. The van der Waals surface area contributed by atoms with Gasteiger partial charge in [0.05, 0.1) is 6.10 Å². The number of ketones is 1. The number of nitrogens with two attached hydrogens (primary N) is 1. The van der Waals surface area contributed by atoms with Gasteiger partial charge in [0.2, 0.25) is 5.91 Å². The lowest BCUT2D eigenvalue weighted by Gasteiger charge is -2.67. The van der Waals surface area contributed by atoms with E-state index in [0.29, 0.717) is 30.7 Å². The van der Waals surface area contributed by atoms with E-state index in [-0.39, 0.29) is 45.5 Å². The van der Waals surface area contributed by atoms with Gasteiger partial charge in [0.15, 0.2) is 12.1 Å². The van der Waals surface area contributed by atoms with Crippen molar-refractivity contribution in [3.05, 3.63) is 11.6 Å². The van der Waals surface area contributed by atoms with E-state index < -0.39 is 11.7 Å². The van der Waals surface area contributed by atoms with E-state index in [1.54, 1.807) is 6.92 Å². The van der Waals surface area contributed by atoms with Crippen LogP contribution in [0.2, 0.25) is 0 Å². The normalized spacial score (nSPS) is 46.7. The molecule has 0 radical (unpaired) electrons. The molecule has 0 heterocycles. The Kier molecular flexibility index (Phi) is 7.70. The molecule has 10 atom stereocenters. The number of aliphatic hydroxyl groups excluding tert-OH is 1. The highest BCUT2D eigenvalue weighted by Gasteiger charge is 2.67. The Hall–Kier alpha value is -1.24. The maximum atomic E-state index is 14.4. The summed E-state index contributed by atoms with van der Waals surface area (Å²) in [5.74, 6) is 1.56. The van der Waals surface area contributed by atoms with Gasteiger partial charge in [-0.2, -0.15) is 0 Å². The van der Waals surface area contributed by atoms with Crippen molar-refractivity contribution < 1.29 is 19.4 Å². The zero-order valence-electron chi connectivity index (χ0n) is 26.3. The number of allylic oxidation sites excluding steroid dienone is 2. The van der Waals surface area contributed by atoms with Crippen LogP contribution >= 0.6 is 0 Å². The van der Waals surface area contributed by atoms with Gasteiger partial charge in [-0.1, -0.05) is 47.1 Å². The summed E-state index contributed by atoms with van der Waals surface area (Å²) < 4.78 is 6.03. The van der Waals surface area contributed by atoms with Crippen LogP contribution in [0.1, 0.15) is 113 Å². The van der Waals surface area contributed by atoms with Crippen molar-refractivity contribution in [1.82, 2.24) is 5.32 Å². The first-order chi connectivity index (χ1) is 18.6. The van der Waals surface area contributed by atoms with E-state index in [2.05, 4.69) is 52.9 Å². The molecule has 5 aliphatic rings.